The quantitative estimate of drug-likeness (QED) is 0.633. The summed E-state index contributed by atoms with van der Waals surface area (Å²) >= 11 is 3.33. The van der Waals surface area contributed by atoms with Crippen molar-refractivity contribution in [3.63, 3.8) is 0 Å². The van der Waals surface area contributed by atoms with E-state index in [9.17, 15) is 19.2 Å². The van der Waals surface area contributed by atoms with Crippen LogP contribution in [0.2, 0.25) is 0 Å². The van der Waals surface area contributed by atoms with Crippen LogP contribution >= 0.6 is 15.9 Å². The number of amides is 4. The van der Waals surface area contributed by atoms with E-state index in [4.69, 9.17) is 0 Å². The Labute approximate surface area is 181 Å². The number of hydrogen-bond donors (Lipinski definition) is 0. The van der Waals surface area contributed by atoms with Gasteiger partial charge in [-0.15, -0.1) is 0 Å². The molecule has 6 rings (SSSR count). The van der Waals surface area contributed by atoms with Gasteiger partial charge in [-0.2, -0.15) is 0 Å². The van der Waals surface area contributed by atoms with Crippen LogP contribution in [0, 0.1) is 23.7 Å². The second-order valence-electron chi connectivity index (χ2n) is 8.55. The summed E-state index contributed by atoms with van der Waals surface area (Å²) in [7, 11) is 0. The van der Waals surface area contributed by atoms with Gasteiger partial charge in [0.25, 0.3) is 11.8 Å². The van der Waals surface area contributed by atoms with Gasteiger partial charge in [0.2, 0.25) is 11.8 Å². The maximum absolute atomic E-state index is 13.0. The van der Waals surface area contributed by atoms with Crippen molar-refractivity contribution in [3.8, 4) is 0 Å². The Hall–Kier alpha value is -2.80. The summed E-state index contributed by atoms with van der Waals surface area (Å²) in [5.41, 5.74) is 1.63. The highest BCUT2D eigenvalue weighted by Crippen LogP contribution is 2.56. The van der Waals surface area contributed by atoms with Crippen molar-refractivity contribution in [3.05, 3.63) is 58.1 Å². The van der Waals surface area contributed by atoms with Crippen molar-refractivity contribution in [2.75, 3.05) is 9.80 Å². The van der Waals surface area contributed by atoms with Crippen molar-refractivity contribution >= 4 is 50.9 Å². The average molecular weight is 465 g/mol. The molecule has 2 aliphatic heterocycles. The van der Waals surface area contributed by atoms with E-state index in [0.29, 0.717) is 34.3 Å². The normalized spacial score (nSPS) is 29.2. The molecule has 2 aromatic rings. The first-order chi connectivity index (χ1) is 14.5. The molecule has 1 saturated heterocycles. The van der Waals surface area contributed by atoms with Gasteiger partial charge in [-0.1, -0.05) is 15.9 Å². The van der Waals surface area contributed by atoms with Crippen molar-refractivity contribution in [2.24, 2.45) is 23.7 Å². The van der Waals surface area contributed by atoms with Crippen molar-refractivity contribution in [2.45, 2.75) is 19.3 Å². The monoisotopic (exact) mass is 464 g/mol. The third-order valence-electron chi connectivity index (χ3n) is 7.14. The van der Waals surface area contributed by atoms with Crippen LogP contribution in [0.4, 0.5) is 11.4 Å². The molecule has 4 aliphatic rings. The Kier molecular flexibility index (Phi) is 3.67. The summed E-state index contributed by atoms with van der Waals surface area (Å²) in [5.74, 6) is -0.655. The predicted octanol–water partition coefficient (Wildman–Crippen LogP) is 3.79. The first kappa shape index (κ1) is 18.0. The molecule has 0 spiro atoms. The van der Waals surface area contributed by atoms with E-state index in [0.717, 1.165) is 28.6 Å². The van der Waals surface area contributed by atoms with E-state index >= 15 is 0 Å². The molecule has 2 heterocycles. The van der Waals surface area contributed by atoms with Crippen LogP contribution in [0.1, 0.15) is 40.0 Å². The van der Waals surface area contributed by atoms with Gasteiger partial charge in [0.15, 0.2) is 0 Å². The van der Waals surface area contributed by atoms with E-state index in [2.05, 4.69) is 15.9 Å². The SMILES string of the molecule is O=C1c2ccc(Br)cc2C(=O)N1c1ccc(N2C(=O)[C@H]3[C@H]4CC[C@@H](C4)[C@@H]3C2=O)cc1. The van der Waals surface area contributed by atoms with E-state index in [1.54, 1.807) is 42.5 Å². The summed E-state index contributed by atoms with van der Waals surface area (Å²) in [6, 6.07) is 11.5. The first-order valence-corrected chi connectivity index (χ1v) is 10.9. The largest absolute Gasteiger partial charge is 0.274 e. The molecule has 2 saturated carbocycles. The van der Waals surface area contributed by atoms with Crippen LogP contribution in [0.3, 0.4) is 0 Å². The zero-order valence-electron chi connectivity index (χ0n) is 15.9. The fraction of sp³-hybridized carbons (Fsp3) is 0.304. The lowest BCUT2D eigenvalue weighted by atomic mass is 9.81. The summed E-state index contributed by atoms with van der Waals surface area (Å²) in [4.78, 5) is 54.0. The summed E-state index contributed by atoms with van der Waals surface area (Å²) in [5, 5.41) is 0. The molecule has 7 heteroatoms. The molecule has 2 bridgehead atoms. The van der Waals surface area contributed by atoms with E-state index in [1.807, 2.05) is 0 Å². The number of anilines is 2. The maximum Gasteiger partial charge on any atom is 0.266 e. The lowest BCUT2D eigenvalue weighted by Crippen LogP contribution is -2.33. The Morgan fingerprint density at radius 2 is 1.23 bits per heavy atom. The van der Waals surface area contributed by atoms with Crippen molar-refractivity contribution in [1.29, 1.82) is 0 Å². The van der Waals surface area contributed by atoms with Gasteiger partial charge in [-0.25, -0.2) is 4.90 Å². The summed E-state index contributed by atoms with van der Waals surface area (Å²) < 4.78 is 0.727. The highest BCUT2D eigenvalue weighted by atomic mass is 79.9. The molecular formula is C23H17BrN2O4. The summed E-state index contributed by atoms with van der Waals surface area (Å²) in [6.45, 7) is 0. The number of carbonyl (C=O) groups excluding carboxylic acids is 4. The average Bonchev–Trinajstić information content (AvgIpc) is 3.46. The van der Waals surface area contributed by atoms with E-state index in [-0.39, 0.29) is 35.5 Å². The van der Waals surface area contributed by atoms with Crippen LogP contribution in [-0.2, 0) is 9.59 Å². The lowest BCUT2D eigenvalue weighted by molar-refractivity contribution is -0.123. The minimum Gasteiger partial charge on any atom is -0.274 e. The van der Waals surface area contributed by atoms with Gasteiger partial charge >= 0.3 is 0 Å². The smallest absolute Gasteiger partial charge is 0.266 e. The molecule has 0 N–H and O–H groups in total. The van der Waals surface area contributed by atoms with Gasteiger partial charge in [0, 0.05) is 4.47 Å². The number of imide groups is 2. The molecule has 0 unspecified atom stereocenters. The second-order valence-corrected chi connectivity index (χ2v) is 9.46. The zero-order chi connectivity index (χ0) is 20.7. The van der Waals surface area contributed by atoms with Crippen LogP contribution in [0.15, 0.2) is 46.9 Å². The minimum absolute atomic E-state index is 0.101. The predicted molar refractivity (Wildman–Crippen MR) is 112 cm³/mol. The molecular weight excluding hydrogens is 448 g/mol. The van der Waals surface area contributed by atoms with Gasteiger partial charge in [0.05, 0.1) is 34.3 Å². The lowest BCUT2D eigenvalue weighted by Gasteiger charge is -2.19. The molecule has 2 aliphatic carbocycles. The highest BCUT2D eigenvalue weighted by Gasteiger charge is 2.61. The second kappa shape index (κ2) is 6.11. The third kappa shape index (κ3) is 2.24. The Morgan fingerprint density at radius 3 is 1.83 bits per heavy atom. The van der Waals surface area contributed by atoms with Crippen molar-refractivity contribution in [1.82, 2.24) is 0 Å². The molecule has 30 heavy (non-hydrogen) atoms. The number of halogens is 1. The molecule has 4 amide bonds. The maximum atomic E-state index is 13.0. The highest BCUT2D eigenvalue weighted by molar-refractivity contribution is 9.10. The fourth-order valence-electron chi connectivity index (χ4n) is 5.86. The molecule has 150 valence electrons. The zero-order valence-corrected chi connectivity index (χ0v) is 17.5. The van der Waals surface area contributed by atoms with Gasteiger partial charge in [0.1, 0.15) is 0 Å². The van der Waals surface area contributed by atoms with E-state index < -0.39 is 0 Å². The van der Waals surface area contributed by atoms with Crippen LogP contribution in [0.25, 0.3) is 0 Å². The fourth-order valence-corrected chi connectivity index (χ4v) is 6.22. The number of nitrogens with zero attached hydrogens (tertiary/aromatic N) is 2. The number of rotatable bonds is 2. The Balaban J connectivity index is 1.31. The molecule has 0 radical (unpaired) electrons. The van der Waals surface area contributed by atoms with Gasteiger partial charge in [-0.3, -0.25) is 24.1 Å². The number of fused-ring (bicyclic) bond motifs is 6. The van der Waals surface area contributed by atoms with Crippen LogP contribution < -0.4 is 9.80 Å². The summed E-state index contributed by atoms with van der Waals surface area (Å²) in [6.07, 6.45) is 3.07. The number of benzene rings is 2. The van der Waals surface area contributed by atoms with Gasteiger partial charge in [-0.05, 0) is 73.6 Å². The van der Waals surface area contributed by atoms with Crippen molar-refractivity contribution < 1.29 is 19.2 Å². The van der Waals surface area contributed by atoms with Crippen LogP contribution in [0.5, 0.6) is 0 Å². The first-order valence-electron chi connectivity index (χ1n) is 10.1. The standard InChI is InChI=1S/C23H17BrN2O4/c24-13-3-8-16-17(10-13)21(28)25(20(16)27)14-4-6-15(7-5-14)26-22(29)18-11-1-2-12(9-11)19(18)23(26)30/h3-8,10-12,18-19H,1-2,9H2/t11-,12-,18-,19-/m0/s1. The Morgan fingerprint density at radius 1 is 0.700 bits per heavy atom. The third-order valence-corrected chi connectivity index (χ3v) is 7.64. The Bertz CT molecular complexity index is 1130. The van der Waals surface area contributed by atoms with Crippen LogP contribution in [-0.4, -0.2) is 23.6 Å². The molecule has 0 aromatic heterocycles. The minimum atomic E-state index is -0.386. The number of hydrogen-bond acceptors (Lipinski definition) is 4. The molecule has 6 nitrogen and oxygen atoms in total. The number of carbonyl (C=O) groups is 4. The van der Waals surface area contributed by atoms with Gasteiger partial charge < -0.3 is 0 Å². The van der Waals surface area contributed by atoms with E-state index in [1.165, 1.54) is 4.90 Å². The topological polar surface area (TPSA) is 74.8 Å². The molecule has 4 atom stereocenters. The molecule has 2 aromatic carbocycles. The molecule has 3 fully saturated rings.